The number of carboxylic acid groups (broad SMARTS) is 1. The molecule has 0 aliphatic rings. The molecule has 5 heteroatoms. The van der Waals surface area contributed by atoms with E-state index in [1.807, 2.05) is 6.07 Å². The van der Waals surface area contributed by atoms with Crippen molar-refractivity contribution in [2.24, 2.45) is 5.73 Å². The summed E-state index contributed by atoms with van der Waals surface area (Å²) in [6.45, 7) is 0. The van der Waals surface area contributed by atoms with Crippen LogP contribution in [-0.4, -0.2) is 22.2 Å². The van der Waals surface area contributed by atoms with Gasteiger partial charge in [0.1, 0.15) is 11.8 Å². The Morgan fingerprint density at radius 2 is 1.93 bits per heavy atom. The van der Waals surface area contributed by atoms with E-state index in [1.165, 1.54) is 24.3 Å². The first kappa shape index (κ1) is 11.0. The molecule has 0 heterocycles. The summed E-state index contributed by atoms with van der Waals surface area (Å²) >= 11 is 0. The molecular weight excluding hydrogens is 196 g/mol. The minimum absolute atomic E-state index is 0.0549. The van der Waals surface area contributed by atoms with Crippen molar-refractivity contribution >= 4 is 5.97 Å². The van der Waals surface area contributed by atoms with E-state index in [1.54, 1.807) is 0 Å². The number of carboxylic acids is 1. The van der Waals surface area contributed by atoms with Crippen LogP contribution in [0.5, 0.6) is 5.75 Å². The molecule has 2 atom stereocenters. The highest BCUT2D eigenvalue weighted by atomic mass is 16.4. The standard InChI is InChI=1S/C10H10N2O3/c11-5-8(9(12)10(14)15)6-1-3-7(13)4-2-6/h1-4,8-9,13H,12H2,(H,14,15)/t8?,9-/m0/s1. The van der Waals surface area contributed by atoms with E-state index in [-0.39, 0.29) is 5.75 Å². The van der Waals surface area contributed by atoms with Gasteiger partial charge in [-0.3, -0.25) is 4.79 Å². The fourth-order valence-electron chi connectivity index (χ4n) is 1.19. The van der Waals surface area contributed by atoms with Crippen LogP contribution in [0, 0.1) is 11.3 Å². The van der Waals surface area contributed by atoms with Crippen molar-refractivity contribution in [1.82, 2.24) is 0 Å². The zero-order valence-corrected chi connectivity index (χ0v) is 7.79. The van der Waals surface area contributed by atoms with Crippen molar-refractivity contribution in [2.75, 3.05) is 0 Å². The van der Waals surface area contributed by atoms with Crippen molar-refractivity contribution < 1.29 is 15.0 Å². The van der Waals surface area contributed by atoms with Crippen LogP contribution >= 0.6 is 0 Å². The zero-order valence-electron chi connectivity index (χ0n) is 7.79. The molecular formula is C10H10N2O3. The van der Waals surface area contributed by atoms with Gasteiger partial charge >= 0.3 is 5.97 Å². The number of aliphatic carboxylic acids is 1. The molecule has 5 nitrogen and oxygen atoms in total. The molecule has 1 unspecified atom stereocenters. The summed E-state index contributed by atoms with van der Waals surface area (Å²) in [4.78, 5) is 10.6. The van der Waals surface area contributed by atoms with Gasteiger partial charge in [0.25, 0.3) is 0 Å². The number of hydrogen-bond donors (Lipinski definition) is 3. The Labute approximate surface area is 86.4 Å². The number of nitrogens with two attached hydrogens (primary N) is 1. The quantitative estimate of drug-likeness (QED) is 0.663. The van der Waals surface area contributed by atoms with Crippen LogP contribution < -0.4 is 5.73 Å². The normalized spacial score (nSPS) is 13.9. The van der Waals surface area contributed by atoms with Crippen LogP contribution in [0.2, 0.25) is 0 Å². The van der Waals surface area contributed by atoms with Gasteiger partial charge in [-0.05, 0) is 17.7 Å². The molecule has 4 N–H and O–H groups in total. The molecule has 0 radical (unpaired) electrons. The van der Waals surface area contributed by atoms with E-state index < -0.39 is 17.9 Å². The van der Waals surface area contributed by atoms with Crippen molar-refractivity contribution in [3.8, 4) is 11.8 Å². The van der Waals surface area contributed by atoms with E-state index in [4.69, 9.17) is 21.2 Å². The molecule has 0 saturated carbocycles. The van der Waals surface area contributed by atoms with Crippen LogP contribution in [0.3, 0.4) is 0 Å². The van der Waals surface area contributed by atoms with Crippen LogP contribution in [0.15, 0.2) is 24.3 Å². The number of carbonyl (C=O) groups is 1. The summed E-state index contributed by atoms with van der Waals surface area (Å²) in [5, 5.41) is 26.5. The topological polar surface area (TPSA) is 107 Å². The minimum atomic E-state index is -1.26. The summed E-state index contributed by atoms with van der Waals surface area (Å²) in [5.41, 5.74) is 5.83. The van der Waals surface area contributed by atoms with Gasteiger partial charge in [0, 0.05) is 0 Å². The Hall–Kier alpha value is -2.06. The van der Waals surface area contributed by atoms with Crippen molar-refractivity contribution in [3.63, 3.8) is 0 Å². The van der Waals surface area contributed by atoms with Crippen molar-refractivity contribution in [2.45, 2.75) is 12.0 Å². The molecule has 0 saturated heterocycles. The van der Waals surface area contributed by atoms with Gasteiger partial charge in [0.05, 0.1) is 12.0 Å². The highest BCUT2D eigenvalue weighted by molar-refractivity contribution is 5.75. The third kappa shape index (κ3) is 2.45. The number of hydrogen-bond acceptors (Lipinski definition) is 4. The molecule has 0 aliphatic heterocycles. The monoisotopic (exact) mass is 206 g/mol. The average molecular weight is 206 g/mol. The number of nitrogens with zero attached hydrogens (tertiary/aromatic N) is 1. The maximum Gasteiger partial charge on any atom is 0.322 e. The first-order chi connectivity index (χ1) is 7.06. The Morgan fingerprint density at radius 1 is 1.40 bits per heavy atom. The largest absolute Gasteiger partial charge is 0.508 e. The molecule has 0 fully saturated rings. The van der Waals surface area contributed by atoms with Crippen LogP contribution in [0.4, 0.5) is 0 Å². The summed E-state index contributed by atoms with van der Waals surface area (Å²) < 4.78 is 0. The number of phenolic OH excluding ortho intramolecular Hbond substituents is 1. The summed E-state index contributed by atoms with van der Waals surface area (Å²) in [5.74, 6) is -2.09. The van der Waals surface area contributed by atoms with Crippen LogP contribution in [0.1, 0.15) is 11.5 Å². The number of benzene rings is 1. The third-order valence-electron chi connectivity index (χ3n) is 2.04. The Balaban J connectivity index is 2.99. The van der Waals surface area contributed by atoms with Gasteiger partial charge in [-0.2, -0.15) is 5.26 Å². The molecule has 0 aromatic heterocycles. The Kier molecular flexibility index (Phi) is 3.26. The number of nitriles is 1. The summed E-state index contributed by atoms with van der Waals surface area (Å²) in [7, 11) is 0. The predicted molar refractivity (Wildman–Crippen MR) is 52.1 cm³/mol. The van der Waals surface area contributed by atoms with Gasteiger partial charge < -0.3 is 15.9 Å². The van der Waals surface area contributed by atoms with E-state index in [2.05, 4.69) is 0 Å². The molecule has 0 spiro atoms. The lowest BCUT2D eigenvalue weighted by atomic mass is 9.93. The predicted octanol–water partition coefficient (Wildman–Crippen LogP) is 0.411. The van der Waals surface area contributed by atoms with Gasteiger partial charge in [-0.1, -0.05) is 12.1 Å². The Bertz CT molecular complexity index is 394. The highest BCUT2D eigenvalue weighted by Crippen LogP contribution is 2.20. The first-order valence-corrected chi connectivity index (χ1v) is 4.23. The SMILES string of the molecule is N#CC(c1ccc(O)cc1)[C@H](N)C(=O)O. The second-order valence-electron chi connectivity index (χ2n) is 3.06. The molecule has 0 amide bonds. The molecule has 1 aromatic rings. The fourth-order valence-corrected chi connectivity index (χ4v) is 1.19. The molecule has 0 aliphatic carbocycles. The maximum atomic E-state index is 10.6. The number of phenols is 1. The fraction of sp³-hybridized carbons (Fsp3) is 0.200. The van der Waals surface area contributed by atoms with Crippen molar-refractivity contribution in [1.29, 1.82) is 5.26 Å². The van der Waals surface area contributed by atoms with E-state index in [0.717, 1.165) is 0 Å². The third-order valence-corrected chi connectivity index (χ3v) is 2.04. The maximum absolute atomic E-state index is 10.6. The first-order valence-electron chi connectivity index (χ1n) is 4.23. The minimum Gasteiger partial charge on any atom is -0.508 e. The second-order valence-corrected chi connectivity index (χ2v) is 3.06. The smallest absolute Gasteiger partial charge is 0.322 e. The average Bonchev–Trinajstić information content (AvgIpc) is 2.21. The van der Waals surface area contributed by atoms with Crippen LogP contribution in [-0.2, 0) is 4.79 Å². The van der Waals surface area contributed by atoms with E-state index in [9.17, 15) is 4.79 Å². The number of aromatic hydroxyl groups is 1. The Morgan fingerprint density at radius 3 is 2.33 bits per heavy atom. The molecule has 1 rings (SSSR count). The molecule has 0 bridgehead atoms. The van der Waals surface area contributed by atoms with E-state index in [0.29, 0.717) is 5.56 Å². The van der Waals surface area contributed by atoms with Gasteiger partial charge in [-0.25, -0.2) is 0 Å². The van der Waals surface area contributed by atoms with Crippen molar-refractivity contribution in [3.05, 3.63) is 29.8 Å². The van der Waals surface area contributed by atoms with E-state index >= 15 is 0 Å². The zero-order chi connectivity index (χ0) is 11.4. The number of rotatable bonds is 3. The molecule has 15 heavy (non-hydrogen) atoms. The van der Waals surface area contributed by atoms with Gasteiger partial charge in [0.2, 0.25) is 0 Å². The molecule has 78 valence electrons. The lowest BCUT2D eigenvalue weighted by Crippen LogP contribution is -2.35. The summed E-state index contributed by atoms with van der Waals surface area (Å²) in [6.07, 6.45) is 0. The van der Waals surface area contributed by atoms with Gasteiger partial charge in [0.15, 0.2) is 0 Å². The van der Waals surface area contributed by atoms with Gasteiger partial charge in [-0.15, -0.1) is 0 Å². The highest BCUT2D eigenvalue weighted by Gasteiger charge is 2.25. The lowest BCUT2D eigenvalue weighted by Gasteiger charge is -2.13. The van der Waals surface area contributed by atoms with Crippen LogP contribution in [0.25, 0.3) is 0 Å². The molecule has 1 aromatic carbocycles. The summed E-state index contributed by atoms with van der Waals surface area (Å²) in [6, 6.07) is 6.29. The lowest BCUT2D eigenvalue weighted by molar-refractivity contribution is -0.138. The second kappa shape index (κ2) is 4.44.